The monoisotopic (exact) mass is 496 g/mol. The van der Waals surface area contributed by atoms with Gasteiger partial charge < -0.3 is 19.3 Å². The summed E-state index contributed by atoms with van der Waals surface area (Å²) in [6, 6.07) is 14.8. The molecule has 2 aromatic rings. The largest absolute Gasteiger partial charge is 0.497 e. The molecule has 0 aliphatic heterocycles. The normalized spacial score (nSPS) is 11.3. The zero-order chi connectivity index (χ0) is 26.9. The summed E-state index contributed by atoms with van der Waals surface area (Å²) >= 11 is 0. The number of ether oxygens (including phenoxy) is 3. The molecule has 196 valence electrons. The van der Waals surface area contributed by atoms with Crippen LogP contribution >= 0.6 is 0 Å². The van der Waals surface area contributed by atoms with Crippen molar-refractivity contribution < 1.29 is 28.9 Å². The van der Waals surface area contributed by atoms with E-state index in [0.717, 1.165) is 35.5 Å². The second kappa shape index (κ2) is 17.0. The minimum atomic E-state index is -0.841. The van der Waals surface area contributed by atoms with E-state index in [1.165, 1.54) is 6.08 Å². The van der Waals surface area contributed by atoms with Crippen LogP contribution in [0.1, 0.15) is 58.1 Å². The van der Waals surface area contributed by atoms with E-state index in [4.69, 9.17) is 19.3 Å². The third-order valence-electron chi connectivity index (χ3n) is 5.19. The lowest BCUT2D eigenvalue weighted by Crippen LogP contribution is -2.04. The van der Waals surface area contributed by atoms with Crippen LogP contribution in [0.15, 0.2) is 60.2 Å². The molecule has 0 spiro atoms. The lowest BCUT2D eigenvalue weighted by molar-refractivity contribution is -0.138. The van der Waals surface area contributed by atoms with Crippen LogP contribution < -0.4 is 9.47 Å². The van der Waals surface area contributed by atoms with Crippen LogP contribution in [-0.2, 0) is 14.3 Å². The summed E-state index contributed by atoms with van der Waals surface area (Å²) in [4.78, 5) is 22.5. The lowest BCUT2D eigenvalue weighted by Gasteiger charge is -2.06. The van der Waals surface area contributed by atoms with Gasteiger partial charge in [0.15, 0.2) is 0 Å². The number of hydrogen-bond acceptors (Lipinski definition) is 5. The summed E-state index contributed by atoms with van der Waals surface area (Å²) in [6.45, 7) is 8.85. The van der Waals surface area contributed by atoms with E-state index in [2.05, 4.69) is 27.7 Å². The van der Waals surface area contributed by atoms with Crippen LogP contribution in [0.4, 0.5) is 0 Å². The van der Waals surface area contributed by atoms with Gasteiger partial charge in [-0.15, -0.1) is 0 Å². The van der Waals surface area contributed by atoms with E-state index >= 15 is 0 Å². The smallest absolute Gasteiger partial charge is 0.331 e. The van der Waals surface area contributed by atoms with Gasteiger partial charge in [0.2, 0.25) is 0 Å². The van der Waals surface area contributed by atoms with Crippen molar-refractivity contribution in [2.45, 2.75) is 47.0 Å². The van der Waals surface area contributed by atoms with Crippen LogP contribution in [0.25, 0.3) is 12.2 Å². The number of aliphatic carboxylic acids is 1. The van der Waals surface area contributed by atoms with Crippen LogP contribution in [0.2, 0.25) is 0 Å². The van der Waals surface area contributed by atoms with E-state index in [9.17, 15) is 9.59 Å². The average molecular weight is 497 g/mol. The van der Waals surface area contributed by atoms with Gasteiger partial charge >= 0.3 is 11.9 Å². The van der Waals surface area contributed by atoms with Gasteiger partial charge in [-0.05, 0) is 78.6 Å². The molecule has 0 radical (unpaired) electrons. The molecule has 0 aromatic heterocycles. The number of esters is 1. The Bertz CT molecular complexity index is 968. The molecule has 6 heteroatoms. The number of carboxylic acids is 1. The van der Waals surface area contributed by atoms with Crippen molar-refractivity contribution in [2.24, 2.45) is 11.8 Å². The third-order valence-corrected chi connectivity index (χ3v) is 5.19. The Hall–Kier alpha value is -3.54. The van der Waals surface area contributed by atoms with Crippen molar-refractivity contribution >= 4 is 24.1 Å². The number of rotatable bonds is 12. The Kier molecular flexibility index (Phi) is 14.4. The highest BCUT2D eigenvalue weighted by Gasteiger charge is 2.08. The number of hydrogen-bond donors (Lipinski definition) is 1. The van der Waals surface area contributed by atoms with Crippen LogP contribution in [-0.4, -0.2) is 37.9 Å². The number of carbonyl (C=O) groups excluding carboxylic acids is 1. The van der Waals surface area contributed by atoms with E-state index in [1.54, 1.807) is 26.4 Å². The highest BCUT2D eigenvalue weighted by Crippen LogP contribution is 2.18. The average Bonchev–Trinajstić information content (AvgIpc) is 2.86. The van der Waals surface area contributed by atoms with Gasteiger partial charge in [0.25, 0.3) is 0 Å². The molecule has 2 aromatic carbocycles. The van der Waals surface area contributed by atoms with Gasteiger partial charge in [-0.25, -0.2) is 9.59 Å². The summed E-state index contributed by atoms with van der Waals surface area (Å²) in [5.41, 5.74) is 2.28. The van der Waals surface area contributed by atoms with Crippen molar-refractivity contribution in [3.8, 4) is 11.5 Å². The summed E-state index contributed by atoms with van der Waals surface area (Å²) < 4.78 is 15.2. The maximum Gasteiger partial charge on any atom is 0.331 e. The van der Waals surface area contributed by atoms with Crippen LogP contribution in [0, 0.1) is 11.8 Å². The first kappa shape index (κ1) is 30.5. The molecular formula is C30H40O6. The molecule has 0 amide bonds. The number of methoxy groups -OCH3 is 2. The van der Waals surface area contributed by atoms with Gasteiger partial charge in [0.1, 0.15) is 11.5 Å². The summed E-state index contributed by atoms with van der Waals surface area (Å²) in [7, 11) is 3.23. The van der Waals surface area contributed by atoms with E-state index < -0.39 is 5.97 Å². The molecule has 2 rings (SSSR count). The molecule has 0 fully saturated rings. The SMILES string of the molecule is COc1ccc(C=C(CCC(C)C)C(=O)O)cc1.COc1ccc(C=CC(=O)OCCC(C)C)cc1. The second-order valence-electron chi connectivity index (χ2n) is 9.14. The quantitative estimate of drug-likeness (QED) is 0.254. The molecule has 1 N–H and O–H groups in total. The Morgan fingerprint density at radius 1 is 0.806 bits per heavy atom. The third kappa shape index (κ3) is 13.4. The molecule has 36 heavy (non-hydrogen) atoms. The maximum atomic E-state index is 11.4. The van der Waals surface area contributed by atoms with E-state index in [0.29, 0.717) is 30.4 Å². The molecule has 0 saturated heterocycles. The van der Waals surface area contributed by atoms with Crippen molar-refractivity contribution in [1.29, 1.82) is 0 Å². The maximum absolute atomic E-state index is 11.4. The Labute approximate surface area is 215 Å². The van der Waals surface area contributed by atoms with Gasteiger partial charge in [-0.1, -0.05) is 52.0 Å². The Morgan fingerprint density at radius 2 is 1.31 bits per heavy atom. The topological polar surface area (TPSA) is 82.1 Å². The molecule has 0 atom stereocenters. The lowest BCUT2D eigenvalue weighted by atomic mass is 10.0. The summed E-state index contributed by atoms with van der Waals surface area (Å²) in [6.07, 6.45) is 7.28. The Morgan fingerprint density at radius 3 is 1.75 bits per heavy atom. The zero-order valence-corrected chi connectivity index (χ0v) is 22.3. The Balaban J connectivity index is 0.000000360. The number of carboxylic acid groups (broad SMARTS) is 1. The minimum Gasteiger partial charge on any atom is -0.497 e. The minimum absolute atomic E-state index is 0.300. The van der Waals surface area contributed by atoms with Crippen molar-refractivity contribution in [2.75, 3.05) is 20.8 Å². The molecule has 0 aliphatic carbocycles. The first-order valence-corrected chi connectivity index (χ1v) is 12.2. The van der Waals surface area contributed by atoms with Crippen molar-refractivity contribution in [3.05, 3.63) is 71.3 Å². The molecule has 6 nitrogen and oxygen atoms in total. The molecular weight excluding hydrogens is 456 g/mol. The fourth-order valence-corrected chi connectivity index (χ4v) is 2.91. The molecule has 0 heterocycles. The molecule has 0 unspecified atom stereocenters. The fourth-order valence-electron chi connectivity index (χ4n) is 2.91. The predicted octanol–water partition coefficient (Wildman–Crippen LogP) is 6.90. The second-order valence-corrected chi connectivity index (χ2v) is 9.14. The standard InChI is InChI=1S/2C15H20O3/c1-12(2)10-11-18-15(16)9-6-13-4-7-14(17-3)8-5-13;1-11(2)4-7-13(15(16)17)10-12-5-8-14(18-3)9-6-12/h4-9,12H,10-11H2,1-3H3;5-6,8-11H,4,7H2,1-3H3,(H,16,17). The summed E-state index contributed by atoms with van der Waals surface area (Å²) in [5, 5.41) is 9.16. The van der Waals surface area contributed by atoms with Gasteiger partial charge in [0.05, 0.1) is 20.8 Å². The molecule has 0 bridgehead atoms. The number of benzene rings is 2. The van der Waals surface area contributed by atoms with Crippen LogP contribution in [0.5, 0.6) is 11.5 Å². The zero-order valence-electron chi connectivity index (χ0n) is 22.3. The van der Waals surface area contributed by atoms with Gasteiger partial charge in [0, 0.05) is 11.6 Å². The van der Waals surface area contributed by atoms with E-state index in [-0.39, 0.29) is 5.97 Å². The summed E-state index contributed by atoms with van der Waals surface area (Å²) in [5.74, 6) is 1.47. The molecule has 0 aliphatic rings. The highest BCUT2D eigenvalue weighted by atomic mass is 16.5. The molecule has 0 saturated carbocycles. The van der Waals surface area contributed by atoms with Crippen molar-refractivity contribution in [3.63, 3.8) is 0 Å². The fraction of sp³-hybridized carbons (Fsp3) is 0.400. The van der Waals surface area contributed by atoms with Gasteiger partial charge in [-0.3, -0.25) is 0 Å². The van der Waals surface area contributed by atoms with Crippen molar-refractivity contribution in [1.82, 2.24) is 0 Å². The predicted molar refractivity (Wildman–Crippen MR) is 145 cm³/mol. The number of carbonyl (C=O) groups is 2. The highest BCUT2D eigenvalue weighted by molar-refractivity contribution is 5.92. The first-order valence-electron chi connectivity index (χ1n) is 12.2. The van der Waals surface area contributed by atoms with E-state index in [1.807, 2.05) is 48.5 Å². The van der Waals surface area contributed by atoms with Gasteiger partial charge in [-0.2, -0.15) is 0 Å². The first-order chi connectivity index (χ1) is 17.1. The van der Waals surface area contributed by atoms with Crippen LogP contribution in [0.3, 0.4) is 0 Å².